The first kappa shape index (κ1) is 28.1. The minimum atomic E-state index is -0.235. The number of para-hydroxylation sites is 3. The van der Waals surface area contributed by atoms with E-state index >= 15 is 0 Å². The summed E-state index contributed by atoms with van der Waals surface area (Å²) < 4.78 is 1.94. The van der Waals surface area contributed by atoms with Crippen molar-refractivity contribution in [3.63, 3.8) is 0 Å². The number of fused-ring (bicyclic) bond motifs is 2. The maximum atomic E-state index is 14.5. The zero-order valence-corrected chi connectivity index (χ0v) is 24.6. The molecule has 0 spiro atoms. The third kappa shape index (κ3) is 5.13. The van der Waals surface area contributed by atoms with Crippen molar-refractivity contribution in [2.75, 3.05) is 11.4 Å². The molecular formula is C38H32N4O3. The van der Waals surface area contributed by atoms with Crippen LogP contribution in [0.15, 0.2) is 134 Å². The Hall–Kier alpha value is -5.66. The highest BCUT2D eigenvalue weighted by Gasteiger charge is 2.31. The SMILES string of the molecule is NC[C@@H]1Cc2ccccc2CN1C(=O)c1ccccc1-n1cc(C(=O)N(c2ccccc2)c2ccc(O)cc2)c2ccccc21. The number of nitrogens with two attached hydrogens (primary N) is 1. The second-order valence-electron chi connectivity index (χ2n) is 11.2. The van der Waals surface area contributed by atoms with E-state index < -0.39 is 0 Å². The van der Waals surface area contributed by atoms with E-state index in [-0.39, 0.29) is 23.6 Å². The molecule has 45 heavy (non-hydrogen) atoms. The Balaban J connectivity index is 1.33. The highest BCUT2D eigenvalue weighted by molar-refractivity contribution is 6.17. The number of hydrogen-bond acceptors (Lipinski definition) is 4. The number of carbonyl (C=O) groups is 2. The largest absolute Gasteiger partial charge is 0.508 e. The average Bonchev–Trinajstić information content (AvgIpc) is 3.48. The number of aromatic nitrogens is 1. The van der Waals surface area contributed by atoms with Crippen LogP contribution in [0, 0.1) is 0 Å². The minimum absolute atomic E-state index is 0.101. The summed E-state index contributed by atoms with van der Waals surface area (Å²) in [6, 6.07) is 39.3. The molecule has 5 aromatic carbocycles. The van der Waals surface area contributed by atoms with E-state index in [1.54, 1.807) is 29.2 Å². The van der Waals surface area contributed by atoms with E-state index in [0.29, 0.717) is 47.7 Å². The quantitative estimate of drug-likeness (QED) is 0.222. The van der Waals surface area contributed by atoms with Gasteiger partial charge in [-0.2, -0.15) is 0 Å². The molecule has 2 amide bonds. The van der Waals surface area contributed by atoms with Crippen LogP contribution in [0.4, 0.5) is 11.4 Å². The third-order valence-corrected chi connectivity index (χ3v) is 8.55. The van der Waals surface area contributed by atoms with Gasteiger partial charge in [-0.1, -0.05) is 72.8 Å². The number of amides is 2. The molecule has 0 bridgehead atoms. The van der Waals surface area contributed by atoms with Crippen molar-refractivity contribution in [3.8, 4) is 11.4 Å². The van der Waals surface area contributed by atoms with Crippen molar-refractivity contribution >= 4 is 34.1 Å². The van der Waals surface area contributed by atoms with Gasteiger partial charge in [-0.15, -0.1) is 0 Å². The smallest absolute Gasteiger partial charge is 0.265 e. The maximum Gasteiger partial charge on any atom is 0.265 e. The first-order chi connectivity index (χ1) is 22.0. The number of carbonyl (C=O) groups excluding carboxylic acids is 2. The molecule has 0 aliphatic carbocycles. The van der Waals surface area contributed by atoms with Gasteiger partial charge in [-0.05, 0) is 72.1 Å². The van der Waals surface area contributed by atoms with Crippen LogP contribution in [0.1, 0.15) is 31.8 Å². The van der Waals surface area contributed by atoms with Crippen molar-refractivity contribution in [1.82, 2.24) is 9.47 Å². The van der Waals surface area contributed by atoms with Crippen LogP contribution in [-0.2, 0) is 13.0 Å². The summed E-state index contributed by atoms with van der Waals surface area (Å²) in [5, 5.41) is 10.7. The zero-order chi connectivity index (χ0) is 30.9. The Morgan fingerprint density at radius 3 is 2.16 bits per heavy atom. The highest BCUT2D eigenvalue weighted by Crippen LogP contribution is 2.34. The van der Waals surface area contributed by atoms with Gasteiger partial charge in [0.1, 0.15) is 5.75 Å². The molecule has 1 aliphatic heterocycles. The summed E-state index contributed by atoms with van der Waals surface area (Å²) in [7, 11) is 0. The number of anilines is 2. The normalized spacial score (nSPS) is 14.2. The second-order valence-corrected chi connectivity index (χ2v) is 11.2. The summed E-state index contributed by atoms with van der Waals surface area (Å²) in [6.45, 7) is 0.847. The van der Waals surface area contributed by atoms with Gasteiger partial charge < -0.3 is 20.3 Å². The molecule has 7 heteroatoms. The first-order valence-electron chi connectivity index (χ1n) is 15.0. The van der Waals surface area contributed by atoms with E-state index in [2.05, 4.69) is 12.1 Å². The number of phenolic OH excluding ortho intramolecular Hbond substituents is 1. The van der Waals surface area contributed by atoms with Gasteiger partial charge in [0, 0.05) is 42.1 Å². The van der Waals surface area contributed by atoms with Gasteiger partial charge in [0.15, 0.2) is 0 Å². The van der Waals surface area contributed by atoms with Gasteiger partial charge >= 0.3 is 0 Å². The zero-order valence-electron chi connectivity index (χ0n) is 24.6. The summed E-state index contributed by atoms with van der Waals surface area (Å²) >= 11 is 0. The lowest BCUT2D eigenvalue weighted by Crippen LogP contribution is -2.48. The summed E-state index contributed by atoms with van der Waals surface area (Å²) in [4.78, 5) is 32.3. The molecule has 1 atom stereocenters. The molecule has 0 saturated carbocycles. The van der Waals surface area contributed by atoms with Gasteiger partial charge in [0.25, 0.3) is 11.8 Å². The molecule has 1 aliphatic rings. The maximum absolute atomic E-state index is 14.5. The van der Waals surface area contributed by atoms with Crippen LogP contribution < -0.4 is 10.6 Å². The Morgan fingerprint density at radius 1 is 0.733 bits per heavy atom. The fraction of sp³-hybridized carbons (Fsp3) is 0.105. The molecule has 2 heterocycles. The predicted octanol–water partition coefficient (Wildman–Crippen LogP) is 6.84. The molecule has 7 nitrogen and oxygen atoms in total. The van der Waals surface area contributed by atoms with Crippen molar-refractivity contribution in [2.24, 2.45) is 5.73 Å². The predicted molar refractivity (Wildman–Crippen MR) is 177 cm³/mol. The van der Waals surface area contributed by atoms with Gasteiger partial charge in [0.2, 0.25) is 0 Å². The van der Waals surface area contributed by atoms with Crippen LogP contribution >= 0.6 is 0 Å². The number of hydrogen-bond donors (Lipinski definition) is 2. The molecule has 1 aromatic heterocycles. The summed E-state index contributed by atoms with van der Waals surface area (Å²) in [6.07, 6.45) is 2.53. The summed E-state index contributed by atoms with van der Waals surface area (Å²) in [5.74, 6) is -0.219. The van der Waals surface area contributed by atoms with E-state index in [4.69, 9.17) is 5.73 Å². The van der Waals surface area contributed by atoms with Crippen molar-refractivity contribution in [2.45, 2.75) is 19.0 Å². The average molecular weight is 593 g/mol. The molecule has 3 N–H and O–H groups in total. The van der Waals surface area contributed by atoms with Crippen LogP contribution in [0.5, 0.6) is 5.75 Å². The number of phenols is 1. The fourth-order valence-electron chi connectivity index (χ4n) is 6.29. The van der Waals surface area contributed by atoms with Crippen molar-refractivity contribution in [3.05, 3.63) is 156 Å². The Morgan fingerprint density at radius 2 is 1.38 bits per heavy atom. The monoisotopic (exact) mass is 592 g/mol. The number of aromatic hydroxyl groups is 1. The minimum Gasteiger partial charge on any atom is -0.508 e. The number of benzene rings is 5. The second kappa shape index (κ2) is 11.8. The lowest BCUT2D eigenvalue weighted by molar-refractivity contribution is 0.0647. The molecule has 0 fully saturated rings. The molecule has 6 aromatic rings. The first-order valence-corrected chi connectivity index (χ1v) is 15.0. The Bertz CT molecular complexity index is 2020. The highest BCUT2D eigenvalue weighted by atomic mass is 16.3. The third-order valence-electron chi connectivity index (χ3n) is 8.55. The Labute approximate surface area is 261 Å². The van der Waals surface area contributed by atoms with Crippen LogP contribution in [0.2, 0.25) is 0 Å². The van der Waals surface area contributed by atoms with E-state index in [0.717, 1.165) is 16.5 Å². The van der Waals surface area contributed by atoms with Gasteiger partial charge in [-0.3, -0.25) is 14.5 Å². The van der Waals surface area contributed by atoms with Gasteiger partial charge in [-0.25, -0.2) is 0 Å². The van der Waals surface area contributed by atoms with Gasteiger partial charge in [0.05, 0.1) is 22.3 Å². The Kier molecular flexibility index (Phi) is 7.37. The van der Waals surface area contributed by atoms with Crippen LogP contribution in [0.3, 0.4) is 0 Å². The van der Waals surface area contributed by atoms with E-state index in [9.17, 15) is 14.7 Å². The molecule has 0 unspecified atom stereocenters. The number of rotatable bonds is 6. The molecular weight excluding hydrogens is 560 g/mol. The lowest BCUT2D eigenvalue weighted by atomic mass is 9.93. The van der Waals surface area contributed by atoms with Crippen LogP contribution in [0.25, 0.3) is 16.6 Å². The molecule has 222 valence electrons. The van der Waals surface area contributed by atoms with Crippen molar-refractivity contribution < 1.29 is 14.7 Å². The van der Waals surface area contributed by atoms with E-state index in [1.165, 1.54) is 5.56 Å². The topological polar surface area (TPSA) is 91.8 Å². The summed E-state index contributed by atoms with van der Waals surface area (Å²) in [5.41, 5.74) is 12.4. The standard InChI is InChI=1S/C38H32N4O3/c39-23-30-22-26-10-4-5-11-27(26)24-40(30)37(44)33-15-7-9-17-36(33)41-25-34(32-14-6-8-16-35(32)41)38(45)42(28-12-2-1-3-13-28)29-18-20-31(43)21-19-29/h1-21,25,30,43H,22-24,39H2/t30-/m0/s1. The lowest BCUT2D eigenvalue weighted by Gasteiger charge is -2.36. The molecule has 7 rings (SSSR count). The molecule has 0 saturated heterocycles. The van der Waals surface area contributed by atoms with Crippen LogP contribution in [-0.4, -0.2) is 39.0 Å². The number of nitrogens with zero attached hydrogens (tertiary/aromatic N) is 3. The van der Waals surface area contributed by atoms with Crippen molar-refractivity contribution in [1.29, 1.82) is 0 Å². The molecule has 0 radical (unpaired) electrons. The fourth-order valence-corrected chi connectivity index (χ4v) is 6.29. The van der Waals surface area contributed by atoms with E-state index in [1.807, 2.05) is 107 Å².